The Morgan fingerprint density at radius 3 is 2.43 bits per heavy atom. The maximum absolute atomic E-state index is 12.6. The molecule has 0 fully saturated rings. The first kappa shape index (κ1) is 21.9. The lowest BCUT2D eigenvalue weighted by Crippen LogP contribution is -2.16. The minimum absolute atomic E-state index is 0.0722. The number of amides is 1. The van der Waals surface area contributed by atoms with Crippen LogP contribution >= 0.6 is 11.8 Å². The van der Waals surface area contributed by atoms with E-state index in [1.165, 1.54) is 17.3 Å². The van der Waals surface area contributed by atoms with Crippen molar-refractivity contribution in [1.82, 2.24) is 9.55 Å². The second kappa shape index (κ2) is 9.34. The quantitative estimate of drug-likeness (QED) is 0.431. The van der Waals surface area contributed by atoms with Crippen LogP contribution in [0.15, 0.2) is 35.5 Å². The molecule has 2 aromatic carbocycles. The summed E-state index contributed by atoms with van der Waals surface area (Å²) in [4.78, 5) is 29.2. The number of carbonyl (C=O) groups is 2. The van der Waals surface area contributed by atoms with Crippen LogP contribution < -0.4 is 5.32 Å². The topological polar surface area (TPSA) is 73.2 Å². The highest BCUT2D eigenvalue weighted by molar-refractivity contribution is 7.99. The van der Waals surface area contributed by atoms with Crippen LogP contribution in [-0.4, -0.2) is 33.8 Å². The third kappa shape index (κ3) is 4.67. The number of aryl methyl sites for hydroxylation is 4. The van der Waals surface area contributed by atoms with Crippen LogP contribution in [0, 0.1) is 20.8 Å². The molecule has 0 aliphatic heterocycles. The van der Waals surface area contributed by atoms with Crippen molar-refractivity contribution in [3.63, 3.8) is 0 Å². The van der Waals surface area contributed by atoms with Crippen LogP contribution in [0.25, 0.3) is 11.0 Å². The Bertz CT molecular complexity index is 1080. The maximum atomic E-state index is 12.6. The van der Waals surface area contributed by atoms with Gasteiger partial charge in [-0.1, -0.05) is 29.5 Å². The molecule has 7 heteroatoms. The maximum Gasteiger partial charge on any atom is 0.338 e. The summed E-state index contributed by atoms with van der Waals surface area (Å²) in [5, 5.41) is 3.78. The zero-order valence-electron chi connectivity index (χ0n) is 18.0. The van der Waals surface area contributed by atoms with Crippen molar-refractivity contribution in [2.24, 2.45) is 0 Å². The van der Waals surface area contributed by atoms with Crippen molar-refractivity contribution in [2.45, 2.75) is 46.3 Å². The summed E-state index contributed by atoms with van der Waals surface area (Å²) in [6, 6.07) is 9.49. The number of hydrogen-bond acceptors (Lipinski definition) is 5. The van der Waals surface area contributed by atoms with E-state index in [0.717, 1.165) is 39.5 Å². The SMILES string of the molecule is CCOC(=O)c1ccc2c(c1)nc(SCC(=O)Nc1c(C)cc(C)cc1C)n2CC. The monoisotopic (exact) mass is 425 g/mol. The molecule has 0 atom stereocenters. The van der Waals surface area contributed by atoms with E-state index in [-0.39, 0.29) is 17.6 Å². The molecule has 158 valence electrons. The number of rotatable bonds is 7. The molecule has 0 saturated heterocycles. The number of nitrogens with zero attached hydrogens (tertiary/aromatic N) is 2. The average Bonchev–Trinajstić information content (AvgIpc) is 3.05. The lowest BCUT2D eigenvalue weighted by atomic mass is 10.1. The van der Waals surface area contributed by atoms with E-state index >= 15 is 0 Å². The Labute approximate surface area is 181 Å². The van der Waals surface area contributed by atoms with Crippen molar-refractivity contribution in [2.75, 3.05) is 17.7 Å². The standard InChI is InChI=1S/C23H27N3O3S/c1-6-26-19-9-8-17(22(28)29-7-2)12-18(19)24-23(26)30-13-20(27)25-21-15(4)10-14(3)11-16(21)5/h8-12H,6-7,13H2,1-5H3,(H,25,27). The molecular weight excluding hydrogens is 398 g/mol. The first-order valence-electron chi connectivity index (χ1n) is 10.0. The summed E-state index contributed by atoms with van der Waals surface area (Å²) in [7, 11) is 0. The predicted molar refractivity (Wildman–Crippen MR) is 121 cm³/mol. The number of ether oxygens (including phenoxy) is 1. The fourth-order valence-electron chi connectivity index (χ4n) is 3.55. The van der Waals surface area contributed by atoms with Gasteiger partial charge >= 0.3 is 5.97 Å². The number of benzene rings is 2. The third-order valence-corrected chi connectivity index (χ3v) is 5.79. The molecule has 1 N–H and O–H groups in total. The molecular formula is C23H27N3O3S. The number of carbonyl (C=O) groups excluding carboxylic acids is 2. The van der Waals surface area contributed by atoms with E-state index in [1.54, 1.807) is 19.1 Å². The first-order chi connectivity index (χ1) is 14.3. The Morgan fingerprint density at radius 2 is 1.80 bits per heavy atom. The smallest absolute Gasteiger partial charge is 0.338 e. The fraction of sp³-hybridized carbons (Fsp3) is 0.348. The molecule has 0 spiro atoms. The number of anilines is 1. The molecule has 0 saturated carbocycles. The van der Waals surface area contributed by atoms with Gasteiger partial charge in [-0.3, -0.25) is 4.79 Å². The van der Waals surface area contributed by atoms with Crippen LogP contribution in [0.3, 0.4) is 0 Å². The van der Waals surface area contributed by atoms with Gasteiger partial charge in [0.05, 0.1) is 29.0 Å². The minimum Gasteiger partial charge on any atom is -0.462 e. The number of hydrogen-bond donors (Lipinski definition) is 1. The molecule has 30 heavy (non-hydrogen) atoms. The molecule has 6 nitrogen and oxygen atoms in total. The summed E-state index contributed by atoms with van der Waals surface area (Å²) >= 11 is 1.39. The molecule has 1 aromatic heterocycles. The van der Waals surface area contributed by atoms with Crippen molar-refractivity contribution in [3.8, 4) is 0 Å². The van der Waals surface area contributed by atoms with Crippen LogP contribution in [0.1, 0.15) is 40.9 Å². The molecule has 0 radical (unpaired) electrons. The number of imidazole rings is 1. The van der Waals surface area contributed by atoms with E-state index < -0.39 is 0 Å². The highest BCUT2D eigenvalue weighted by Gasteiger charge is 2.16. The highest BCUT2D eigenvalue weighted by atomic mass is 32.2. The molecule has 1 heterocycles. The molecule has 0 bridgehead atoms. The molecule has 3 aromatic rings. The first-order valence-corrected chi connectivity index (χ1v) is 11.0. The highest BCUT2D eigenvalue weighted by Crippen LogP contribution is 2.26. The Hall–Kier alpha value is -2.80. The number of esters is 1. The van der Waals surface area contributed by atoms with Gasteiger partial charge in [-0.05, 0) is 63.9 Å². The number of fused-ring (bicyclic) bond motifs is 1. The van der Waals surface area contributed by atoms with Gasteiger partial charge < -0.3 is 14.6 Å². The Balaban J connectivity index is 1.77. The normalized spacial score (nSPS) is 11.0. The van der Waals surface area contributed by atoms with Crippen LogP contribution in [-0.2, 0) is 16.1 Å². The minimum atomic E-state index is -0.358. The Morgan fingerprint density at radius 1 is 1.10 bits per heavy atom. The van der Waals surface area contributed by atoms with Gasteiger partial charge in [-0.25, -0.2) is 9.78 Å². The van der Waals surface area contributed by atoms with Crippen molar-refractivity contribution >= 4 is 40.4 Å². The van der Waals surface area contributed by atoms with E-state index in [0.29, 0.717) is 12.2 Å². The molecule has 0 unspecified atom stereocenters. The zero-order valence-corrected chi connectivity index (χ0v) is 18.9. The Kier molecular flexibility index (Phi) is 6.82. The average molecular weight is 426 g/mol. The van der Waals surface area contributed by atoms with E-state index in [9.17, 15) is 9.59 Å². The van der Waals surface area contributed by atoms with Gasteiger partial charge in [0.25, 0.3) is 0 Å². The summed E-state index contributed by atoms with van der Waals surface area (Å²) < 4.78 is 7.12. The molecule has 0 aliphatic rings. The second-order valence-corrected chi connectivity index (χ2v) is 8.12. The van der Waals surface area contributed by atoms with Crippen molar-refractivity contribution in [3.05, 3.63) is 52.6 Å². The summed E-state index contributed by atoms with van der Waals surface area (Å²) in [5.41, 5.74) is 6.28. The van der Waals surface area contributed by atoms with Crippen LogP contribution in [0.2, 0.25) is 0 Å². The number of aromatic nitrogens is 2. The van der Waals surface area contributed by atoms with Gasteiger partial charge in [-0.2, -0.15) is 0 Å². The number of nitrogens with one attached hydrogen (secondary N) is 1. The van der Waals surface area contributed by atoms with Gasteiger partial charge in [0.1, 0.15) is 0 Å². The third-order valence-electron chi connectivity index (χ3n) is 4.81. The van der Waals surface area contributed by atoms with Crippen LogP contribution in [0.4, 0.5) is 5.69 Å². The number of thioether (sulfide) groups is 1. The van der Waals surface area contributed by atoms with Gasteiger partial charge in [0.15, 0.2) is 5.16 Å². The van der Waals surface area contributed by atoms with E-state index in [4.69, 9.17) is 4.74 Å². The van der Waals surface area contributed by atoms with Gasteiger partial charge in [-0.15, -0.1) is 0 Å². The lowest BCUT2D eigenvalue weighted by Gasteiger charge is -2.13. The molecule has 1 amide bonds. The summed E-state index contributed by atoms with van der Waals surface area (Å²) in [6.45, 7) is 10.9. The van der Waals surface area contributed by atoms with Gasteiger partial charge in [0, 0.05) is 12.2 Å². The lowest BCUT2D eigenvalue weighted by molar-refractivity contribution is -0.113. The second-order valence-electron chi connectivity index (χ2n) is 7.17. The van der Waals surface area contributed by atoms with E-state index in [2.05, 4.69) is 22.4 Å². The summed E-state index contributed by atoms with van der Waals surface area (Å²) in [5.74, 6) is -0.180. The van der Waals surface area contributed by atoms with Crippen LogP contribution in [0.5, 0.6) is 0 Å². The van der Waals surface area contributed by atoms with E-state index in [1.807, 2.05) is 38.3 Å². The summed E-state index contributed by atoms with van der Waals surface area (Å²) in [6.07, 6.45) is 0. The molecule has 0 aliphatic carbocycles. The van der Waals surface area contributed by atoms with Crippen molar-refractivity contribution < 1.29 is 14.3 Å². The molecule has 3 rings (SSSR count). The van der Waals surface area contributed by atoms with Crippen molar-refractivity contribution in [1.29, 1.82) is 0 Å². The predicted octanol–water partition coefficient (Wildman–Crippen LogP) is 4.89. The fourth-order valence-corrected chi connectivity index (χ4v) is 4.43. The van der Waals surface area contributed by atoms with Gasteiger partial charge in [0.2, 0.25) is 5.91 Å². The zero-order chi connectivity index (χ0) is 21.8. The largest absolute Gasteiger partial charge is 0.462 e.